The Morgan fingerprint density at radius 3 is 2.60 bits per heavy atom. The number of ketones is 1. The van der Waals surface area contributed by atoms with Gasteiger partial charge in [-0.05, 0) is 57.8 Å². The fraction of sp³-hybridized carbons (Fsp3) is 0.385. The van der Waals surface area contributed by atoms with E-state index in [-0.39, 0.29) is 24.9 Å². The first-order valence-electron chi connectivity index (χ1n) is 11.5. The summed E-state index contributed by atoms with van der Waals surface area (Å²) in [7, 11) is 0. The molecule has 35 heavy (non-hydrogen) atoms. The molecule has 2 atom stereocenters. The van der Waals surface area contributed by atoms with E-state index in [1.807, 2.05) is 34.6 Å². The SMILES string of the molecule is CCOC(=O)Cn1cc(C(=O)C2CSN(c3cccnc3)C2C(=O)OC(C)(C)C)c2ccccc21. The fourth-order valence-corrected chi connectivity index (χ4v) is 5.48. The second kappa shape index (κ2) is 10.1. The minimum absolute atomic E-state index is 0.00163. The van der Waals surface area contributed by atoms with Crippen molar-refractivity contribution in [2.24, 2.45) is 5.92 Å². The lowest BCUT2D eigenvalue weighted by Gasteiger charge is -2.29. The number of benzene rings is 1. The van der Waals surface area contributed by atoms with Crippen molar-refractivity contribution in [3.63, 3.8) is 0 Å². The highest BCUT2D eigenvalue weighted by molar-refractivity contribution is 8.01. The molecule has 3 heterocycles. The van der Waals surface area contributed by atoms with Gasteiger partial charge in [-0.2, -0.15) is 0 Å². The normalized spacial score (nSPS) is 18.0. The number of pyridine rings is 1. The van der Waals surface area contributed by atoms with Gasteiger partial charge in [0, 0.05) is 34.6 Å². The van der Waals surface area contributed by atoms with Gasteiger partial charge in [-0.25, -0.2) is 4.79 Å². The molecule has 1 saturated heterocycles. The first kappa shape index (κ1) is 24.8. The van der Waals surface area contributed by atoms with Crippen LogP contribution >= 0.6 is 11.9 Å². The molecular weight excluding hydrogens is 466 g/mol. The van der Waals surface area contributed by atoms with E-state index in [1.165, 1.54) is 11.9 Å². The van der Waals surface area contributed by atoms with Crippen LogP contribution < -0.4 is 4.31 Å². The molecule has 0 N–H and O–H groups in total. The minimum Gasteiger partial charge on any atom is -0.465 e. The summed E-state index contributed by atoms with van der Waals surface area (Å²) in [4.78, 5) is 43.6. The molecule has 3 aromatic rings. The van der Waals surface area contributed by atoms with Crippen molar-refractivity contribution in [3.05, 3.63) is 60.6 Å². The molecule has 0 aliphatic carbocycles. The van der Waals surface area contributed by atoms with Gasteiger partial charge < -0.3 is 14.0 Å². The largest absolute Gasteiger partial charge is 0.465 e. The molecule has 8 nitrogen and oxygen atoms in total. The summed E-state index contributed by atoms with van der Waals surface area (Å²) in [5.41, 5.74) is 1.26. The van der Waals surface area contributed by atoms with Crippen LogP contribution in [0.4, 0.5) is 5.69 Å². The fourth-order valence-electron chi connectivity index (χ4n) is 4.18. The molecule has 1 aromatic carbocycles. The van der Waals surface area contributed by atoms with Crippen molar-refractivity contribution < 1.29 is 23.9 Å². The van der Waals surface area contributed by atoms with Crippen LogP contribution in [0, 0.1) is 5.92 Å². The van der Waals surface area contributed by atoms with E-state index in [0.29, 0.717) is 11.3 Å². The van der Waals surface area contributed by atoms with Crippen LogP contribution in [0.5, 0.6) is 0 Å². The number of para-hydroxylation sites is 1. The maximum atomic E-state index is 14.0. The van der Waals surface area contributed by atoms with Crippen LogP contribution in [-0.2, 0) is 25.6 Å². The number of nitrogens with zero attached hydrogens (tertiary/aromatic N) is 3. The number of carbonyl (C=O) groups excluding carboxylic acids is 3. The molecule has 0 saturated carbocycles. The van der Waals surface area contributed by atoms with Gasteiger partial charge in [0.15, 0.2) is 5.78 Å². The average molecular weight is 496 g/mol. The topological polar surface area (TPSA) is 90.7 Å². The van der Waals surface area contributed by atoms with Crippen molar-refractivity contribution >= 4 is 46.3 Å². The third kappa shape index (κ3) is 5.35. The molecule has 2 unspecified atom stereocenters. The monoisotopic (exact) mass is 495 g/mol. The highest BCUT2D eigenvalue weighted by Crippen LogP contribution is 2.40. The summed E-state index contributed by atoms with van der Waals surface area (Å²) < 4.78 is 14.4. The predicted octanol–water partition coefficient (Wildman–Crippen LogP) is 4.28. The van der Waals surface area contributed by atoms with Gasteiger partial charge in [0.2, 0.25) is 0 Å². The third-order valence-corrected chi connectivity index (χ3v) is 6.80. The number of ether oxygens (including phenoxy) is 2. The maximum absolute atomic E-state index is 14.0. The number of carbonyl (C=O) groups is 3. The second-order valence-corrected chi connectivity index (χ2v) is 10.3. The number of aromatic nitrogens is 2. The predicted molar refractivity (Wildman–Crippen MR) is 135 cm³/mol. The summed E-state index contributed by atoms with van der Waals surface area (Å²) >= 11 is 1.41. The lowest BCUT2D eigenvalue weighted by molar-refractivity contribution is -0.156. The van der Waals surface area contributed by atoms with E-state index < -0.39 is 23.5 Å². The number of rotatable bonds is 7. The Bertz CT molecular complexity index is 1230. The summed E-state index contributed by atoms with van der Waals surface area (Å²) in [5, 5.41) is 0.731. The van der Waals surface area contributed by atoms with Crippen molar-refractivity contribution in [3.8, 4) is 0 Å². The Hall–Kier alpha value is -3.33. The number of esters is 2. The van der Waals surface area contributed by atoms with E-state index >= 15 is 0 Å². The van der Waals surface area contributed by atoms with E-state index in [9.17, 15) is 14.4 Å². The van der Waals surface area contributed by atoms with Gasteiger partial charge in [0.05, 0.1) is 24.4 Å². The average Bonchev–Trinajstić information content (AvgIpc) is 3.41. The van der Waals surface area contributed by atoms with E-state index in [0.717, 1.165) is 16.6 Å². The molecule has 0 amide bonds. The van der Waals surface area contributed by atoms with Crippen molar-refractivity contribution in [2.45, 2.75) is 45.9 Å². The van der Waals surface area contributed by atoms with Crippen LogP contribution in [-0.4, -0.2) is 51.3 Å². The van der Waals surface area contributed by atoms with Gasteiger partial charge in [0.1, 0.15) is 18.2 Å². The lowest BCUT2D eigenvalue weighted by Crippen LogP contribution is -2.44. The Morgan fingerprint density at radius 2 is 1.91 bits per heavy atom. The summed E-state index contributed by atoms with van der Waals surface area (Å²) in [6, 6.07) is 10.3. The molecular formula is C26H29N3O5S. The highest BCUT2D eigenvalue weighted by atomic mass is 32.2. The van der Waals surface area contributed by atoms with Crippen LogP contribution in [0.15, 0.2) is 55.0 Å². The number of hydrogen-bond donors (Lipinski definition) is 0. The van der Waals surface area contributed by atoms with E-state index in [4.69, 9.17) is 9.47 Å². The summed E-state index contributed by atoms with van der Waals surface area (Å²) in [6.45, 7) is 7.45. The molecule has 1 aliphatic rings. The zero-order chi connectivity index (χ0) is 25.2. The van der Waals surface area contributed by atoms with Crippen LogP contribution in [0.25, 0.3) is 10.9 Å². The van der Waals surface area contributed by atoms with Crippen molar-refractivity contribution in [1.82, 2.24) is 9.55 Å². The van der Waals surface area contributed by atoms with Crippen molar-refractivity contribution in [1.29, 1.82) is 0 Å². The van der Waals surface area contributed by atoms with Crippen LogP contribution in [0.3, 0.4) is 0 Å². The van der Waals surface area contributed by atoms with Crippen LogP contribution in [0.2, 0.25) is 0 Å². The first-order chi connectivity index (χ1) is 16.7. The highest BCUT2D eigenvalue weighted by Gasteiger charge is 2.47. The number of anilines is 1. The molecule has 184 valence electrons. The number of Topliss-reactive ketones (excluding diaryl/α,β-unsaturated/α-hetero) is 1. The van der Waals surface area contributed by atoms with E-state index in [1.54, 1.807) is 56.9 Å². The molecule has 0 bridgehead atoms. The molecule has 1 aliphatic heterocycles. The Balaban J connectivity index is 1.72. The third-order valence-electron chi connectivity index (χ3n) is 5.57. The van der Waals surface area contributed by atoms with Gasteiger partial charge in [-0.15, -0.1) is 0 Å². The zero-order valence-electron chi connectivity index (χ0n) is 20.3. The quantitative estimate of drug-likeness (QED) is 0.273. The van der Waals surface area contributed by atoms with E-state index in [2.05, 4.69) is 4.98 Å². The maximum Gasteiger partial charge on any atom is 0.331 e. The molecule has 9 heteroatoms. The Kier molecular flexibility index (Phi) is 7.16. The standard InChI is InChI=1S/C26H29N3O5S/c1-5-33-22(30)15-28-14-19(18-10-6-7-11-21(18)28)24(31)20-16-35-29(17-9-8-12-27-13-17)23(20)25(32)34-26(2,3)4/h6-14,20,23H,5,15-16H2,1-4H3. The Labute approximate surface area is 208 Å². The summed E-state index contributed by atoms with van der Waals surface area (Å²) in [6.07, 6.45) is 5.02. The van der Waals surface area contributed by atoms with Crippen molar-refractivity contribution in [2.75, 3.05) is 16.7 Å². The number of hydrogen-bond acceptors (Lipinski definition) is 8. The molecule has 2 aromatic heterocycles. The first-order valence-corrected chi connectivity index (χ1v) is 12.5. The summed E-state index contributed by atoms with van der Waals surface area (Å²) in [5.74, 6) is -1.23. The van der Waals surface area contributed by atoms with Gasteiger partial charge in [-0.1, -0.05) is 18.2 Å². The smallest absolute Gasteiger partial charge is 0.331 e. The van der Waals surface area contributed by atoms with Gasteiger partial charge >= 0.3 is 11.9 Å². The van der Waals surface area contributed by atoms with Gasteiger partial charge in [-0.3, -0.25) is 18.9 Å². The molecule has 0 spiro atoms. The molecule has 0 radical (unpaired) electrons. The lowest BCUT2D eigenvalue weighted by atomic mass is 9.91. The Morgan fingerprint density at radius 1 is 1.14 bits per heavy atom. The second-order valence-electron chi connectivity index (χ2n) is 9.27. The van der Waals surface area contributed by atoms with Gasteiger partial charge in [0.25, 0.3) is 0 Å². The molecule has 4 rings (SSSR count). The molecule has 1 fully saturated rings. The minimum atomic E-state index is -0.817. The zero-order valence-corrected chi connectivity index (χ0v) is 21.1. The van der Waals surface area contributed by atoms with Crippen LogP contribution in [0.1, 0.15) is 38.1 Å². The number of fused-ring (bicyclic) bond motifs is 1.